The van der Waals surface area contributed by atoms with Gasteiger partial charge in [-0.25, -0.2) is 0 Å². The van der Waals surface area contributed by atoms with Crippen LogP contribution in [0.15, 0.2) is 34.8 Å². The Bertz CT molecular complexity index is 687. The van der Waals surface area contributed by atoms with Crippen LogP contribution in [0.25, 0.3) is 0 Å². The van der Waals surface area contributed by atoms with Crippen molar-refractivity contribution in [2.45, 2.75) is 25.8 Å². The van der Waals surface area contributed by atoms with Crippen LogP contribution in [0.3, 0.4) is 0 Å². The van der Waals surface area contributed by atoms with E-state index in [2.05, 4.69) is 35.0 Å². The van der Waals surface area contributed by atoms with E-state index in [1.165, 1.54) is 11.1 Å². The molecule has 4 heteroatoms. The highest BCUT2D eigenvalue weighted by Crippen LogP contribution is 2.35. The van der Waals surface area contributed by atoms with Gasteiger partial charge in [-0.15, -0.1) is 0 Å². The average molecular weight is 367 g/mol. The summed E-state index contributed by atoms with van der Waals surface area (Å²) in [6.07, 6.45) is 1.64. The van der Waals surface area contributed by atoms with Gasteiger partial charge in [0.2, 0.25) is 0 Å². The van der Waals surface area contributed by atoms with Gasteiger partial charge in [0, 0.05) is 22.0 Å². The zero-order valence-corrected chi connectivity index (χ0v) is 14.2. The number of hydrogen-bond acceptors (Lipinski definition) is 2. The van der Waals surface area contributed by atoms with Gasteiger partial charge in [0.05, 0.1) is 6.61 Å². The predicted octanol–water partition coefficient (Wildman–Crippen LogP) is 4.59. The predicted molar refractivity (Wildman–Crippen MR) is 90.2 cm³/mol. The van der Waals surface area contributed by atoms with Gasteiger partial charge in [-0.2, -0.15) is 0 Å². The molecule has 0 bridgehead atoms. The van der Waals surface area contributed by atoms with E-state index >= 15 is 0 Å². The van der Waals surface area contributed by atoms with Crippen LogP contribution in [-0.4, -0.2) is 6.61 Å². The lowest BCUT2D eigenvalue weighted by molar-refractivity contribution is 0.352. The number of nitrogens with two attached hydrogens (primary N) is 1. The lowest BCUT2D eigenvalue weighted by Gasteiger charge is -2.17. The standard InChI is InChI=1S/C17H17BrClNO/c1-10-2-3-15(18)14(6-10)16(20)9-12-8-13(19)7-11-4-5-21-17(11)12/h2-3,6-8,16H,4-5,9,20H2,1H3. The van der Waals surface area contributed by atoms with Gasteiger partial charge in [0.1, 0.15) is 5.75 Å². The summed E-state index contributed by atoms with van der Waals surface area (Å²) in [5.41, 5.74) is 11.0. The number of benzene rings is 2. The van der Waals surface area contributed by atoms with Crippen molar-refractivity contribution in [3.63, 3.8) is 0 Å². The topological polar surface area (TPSA) is 35.2 Å². The smallest absolute Gasteiger partial charge is 0.125 e. The minimum absolute atomic E-state index is 0.0916. The third kappa shape index (κ3) is 3.10. The molecule has 0 aromatic heterocycles. The molecule has 1 heterocycles. The van der Waals surface area contributed by atoms with E-state index in [4.69, 9.17) is 22.1 Å². The molecule has 1 atom stereocenters. The quantitative estimate of drug-likeness (QED) is 0.862. The molecule has 0 saturated heterocycles. The van der Waals surface area contributed by atoms with Crippen LogP contribution in [0.4, 0.5) is 0 Å². The van der Waals surface area contributed by atoms with Gasteiger partial charge in [-0.1, -0.05) is 45.2 Å². The molecule has 1 unspecified atom stereocenters. The normalized spacial score (nSPS) is 14.7. The second-order valence-electron chi connectivity index (χ2n) is 5.49. The Kier molecular flexibility index (Phi) is 4.25. The van der Waals surface area contributed by atoms with Crippen LogP contribution in [0, 0.1) is 6.92 Å². The van der Waals surface area contributed by atoms with Gasteiger partial charge in [0.25, 0.3) is 0 Å². The molecule has 0 radical (unpaired) electrons. The highest BCUT2D eigenvalue weighted by atomic mass is 79.9. The van der Waals surface area contributed by atoms with E-state index in [1.54, 1.807) is 0 Å². The molecule has 2 N–H and O–H groups in total. The zero-order valence-electron chi connectivity index (χ0n) is 11.8. The van der Waals surface area contributed by atoms with Crippen molar-refractivity contribution in [2.75, 3.05) is 6.61 Å². The first-order valence-electron chi connectivity index (χ1n) is 7.00. The highest BCUT2D eigenvalue weighted by Gasteiger charge is 2.20. The van der Waals surface area contributed by atoms with E-state index < -0.39 is 0 Å². The molecule has 21 heavy (non-hydrogen) atoms. The molecule has 3 rings (SSSR count). The second kappa shape index (κ2) is 5.99. The Morgan fingerprint density at radius 1 is 1.33 bits per heavy atom. The molecule has 0 spiro atoms. The summed E-state index contributed by atoms with van der Waals surface area (Å²) in [5, 5.41) is 0.754. The fourth-order valence-electron chi connectivity index (χ4n) is 2.79. The second-order valence-corrected chi connectivity index (χ2v) is 6.78. The average Bonchev–Trinajstić information content (AvgIpc) is 2.89. The van der Waals surface area contributed by atoms with Crippen LogP contribution in [0.2, 0.25) is 5.02 Å². The van der Waals surface area contributed by atoms with Crippen molar-refractivity contribution in [1.29, 1.82) is 0 Å². The molecule has 2 aromatic rings. The number of hydrogen-bond donors (Lipinski definition) is 1. The van der Waals surface area contributed by atoms with Gasteiger partial charge in [0.15, 0.2) is 0 Å². The molecule has 1 aliphatic rings. The zero-order chi connectivity index (χ0) is 15.0. The Morgan fingerprint density at radius 3 is 2.95 bits per heavy atom. The molecule has 0 fully saturated rings. The maximum absolute atomic E-state index is 6.41. The molecular formula is C17H17BrClNO. The van der Waals surface area contributed by atoms with E-state index in [0.29, 0.717) is 6.42 Å². The number of aryl methyl sites for hydroxylation is 1. The van der Waals surface area contributed by atoms with E-state index in [0.717, 1.165) is 39.4 Å². The SMILES string of the molecule is Cc1ccc(Br)c(C(N)Cc2cc(Cl)cc3c2OCC3)c1. The Morgan fingerprint density at radius 2 is 2.14 bits per heavy atom. The van der Waals surface area contributed by atoms with Crippen LogP contribution < -0.4 is 10.5 Å². The van der Waals surface area contributed by atoms with Crippen LogP contribution in [0.5, 0.6) is 5.75 Å². The molecule has 110 valence electrons. The van der Waals surface area contributed by atoms with Gasteiger partial charge < -0.3 is 10.5 Å². The molecular weight excluding hydrogens is 350 g/mol. The minimum atomic E-state index is -0.0916. The molecule has 1 aliphatic heterocycles. The van der Waals surface area contributed by atoms with E-state index in [1.807, 2.05) is 18.2 Å². The third-order valence-corrected chi connectivity index (χ3v) is 4.76. The number of rotatable bonds is 3. The molecule has 0 saturated carbocycles. The van der Waals surface area contributed by atoms with Crippen LogP contribution in [0.1, 0.15) is 28.3 Å². The molecule has 2 aromatic carbocycles. The Labute approximate surface area is 138 Å². The highest BCUT2D eigenvalue weighted by molar-refractivity contribution is 9.10. The van der Waals surface area contributed by atoms with E-state index in [-0.39, 0.29) is 6.04 Å². The lowest BCUT2D eigenvalue weighted by atomic mass is 9.96. The van der Waals surface area contributed by atoms with Gasteiger partial charge in [-0.3, -0.25) is 0 Å². The summed E-state index contributed by atoms with van der Waals surface area (Å²) in [7, 11) is 0. The number of ether oxygens (including phenoxy) is 1. The van der Waals surface area contributed by atoms with Crippen molar-refractivity contribution in [3.8, 4) is 5.75 Å². The Hall–Kier alpha value is -1.03. The van der Waals surface area contributed by atoms with Crippen molar-refractivity contribution in [2.24, 2.45) is 5.73 Å². The molecule has 0 amide bonds. The first-order chi connectivity index (χ1) is 10.0. The maximum atomic E-state index is 6.41. The van der Waals surface area contributed by atoms with Crippen molar-refractivity contribution < 1.29 is 4.74 Å². The maximum Gasteiger partial charge on any atom is 0.125 e. The van der Waals surface area contributed by atoms with Crippen molar-refractivity contribution in [3.05, 3.63) is 62.1 Å². The van der Waals surface area contributed by atoms with E-state index in [9.17, 15) is 0 Å². The van der Waals surface area contributed by atoms with Gasteiger partial charge >= 0.3 is 0 Å². The van der Waals surface area contributed by atoms with Crippen molar-refractivity contribution >= 4 is 27.5 Å². The Balaban J connectivity index is 1.92. The minimum Gasteiger partial charge on any atom is -0.493 e. The number of fused-ring (bicyclic) bond motifs is 1. The summed E-state index contributed by atoms with van der Waals surface area (Å²) in [6.45, 7) is 2.80. The van der Waals surface area contributed by atoms with Crippen LogP contribution in [-0.2, 0) is 12.8 Å². The monoisotopic (exact) mass is 365 g/mol. The summed E-state index contributed by atoms with van der Waals surface area (Å²) in [5.74, 6) is 0.971. The summed E-state index contributed by atoms with van der Waals surface area (Å²) in [6, 6.07) is 10.1. The largest absolute Gasteiger partial charge is 0.493 e. The van der Waals surface area contributed by atoms with Gasteiger partial charge in [-0.05, 0) is 48.2 Å². The summed E-state index contributed by atoms with van der Waals surface area (Å²) >= 11 is 9.79. The summed E-state index contributed by atoms with van der Waals surface area (Å²) < 4.78 is 6.79. The van der Waals surface area contributed by atoms with Crippen LogP contribution >= 0.6 is 27.5 Å². The van der Waals surface area contributed by atoms with Crippen molar-refractivity contribution in [1.82, 2.24) is 0 Å². The third-order valence-electron chi connectivity index (χ3n) is 3.82. The number of halogens is 2. The first kappa shape index (κ1) is 14.9. The lowest BCUT2D eigenvalue weighted by Crippen LogP contribution is -2.14. The molecule has 2 nitrogen and oxygen atoms in total. The summed E-state index contributed by atoms with van der Waals surface area (Å²) in [4.78, 5) is 0. The fraction of sp³-hybridized carbons (Fsp3) is 0.294. The first-order valence-corrected chi connectivity index (χ1v) is 8.17. The molecule has 0 aliphatic carbocycles. The fourth-order valence-corrected chi connectivity index (χ4v) is 3.60.